The number of hydrogen-bond donors (Lipinski definition) is 0. The van der Waals surface area contributed by atoms with Gasteiger partial charge in [0.25, 0.3) is 0 Å². The zero-order valence-electron chi connectivity index (χ0n) is 7.23. The Bertz CT molecular complexity index is 350. The van der Waals surface area contributed by atoms with Crippen molar-refractivity contribution in [1.82, 2.24) is 0 Å². The Kier molecular flexibility index (Phi) is 3.24. The van der Waals surface area contributed by atoms with E-state index in [9.17, 15) is 9.18 Å². The predicted molar refractivity (Wildman–Crippen MR) is 55.7 cm³/mol. The monoisotopic (exact) mass is 294 g/mol. The molecule has 1 aromatic rings. The van der Waals surface area contributed by atoms with E-state index in [-0.39, 0.29) is 11.3 Å². The van der Waals surface area contributed by atoms with Crippen LogP contribution in [0.4, 0.5) is 4.39 Å². The van der Waals surface area contributed by atoms with Gasteiger partial charge in [-0.2, -0.15) is 0 Å². The maximum atomic E-state index is 13.2. The normalized spacial score (nSPS) is 9.85. The molecule has 0 aromatic heterocycles. The standard InChI is InChI=1S/C9H8FIO2/c1-5(12)8-6(10)3-4-7(11)9(8)13-2/h3-4H,1-2H3. The molecule has 13 heavy (non-hydrogen) atoms. The van der Waals surface area contributed by atoms with Crippen molar-refractivity contribution in [2.24, 2.45) is 0 Å². The average molecular weight is 294 g/mol. The van der Waals surface area contributed by atoms with Crippen LogP contribution in [0, 0.1) is 9.39 Å². The molecule has 0 saturated heterocycles. The molecule has 0 radical (unpaired) electrons. The Morgan fingerprint density at radius 2 is 2.15 bits per heavy atom. The van der Waals surface area contributed by atoms with Crippen LogP contribution < -0.4 is 4.74 Å². The molecule has 4 heteroatoms. The Morgan fingerprint density at radius 1 is 1.54 bits per heavy atom. The second-order valence-corrected chi connectivity index (χ2v) is 3.66. The number of carbonyl (C=O) groups excluding carboxylic acids is 1. The minimum Gasteiger partial charge on any atom is -0.495 e. The van der Waals surface area contributed by atoms with Crippen LogP contribution in [0.5, 0.6) is 5.75 Å². The first-order valence-electron chi connectivity index (χ1n) is 3.61. The van der Waals surface area contributed by atoms with Crippen LogP contribution in [0.1, 0.15) is 17.3 Å². The maximum Gasteiger partial charge on any atom is 0.166 e. The molecule has 70 valence electrons. The molecule has 0 atom stereocenters. The van der Waals surface area contributed by atoms with E-state index in [1.807, 2.05) is 22.6 Å². The van der Waals surface area contributed by atoms with Gasteiger partial charge in [0, 0.05) is 0 Å². The van der Waals surface area contributed by atoms with Crippen molar-refractivity contribution in [2.75, 3.05) is 7.11 Å². The van der Waals surface area contributed by atoms with Crippen LogP contribution in [-0.4, -0.2) is 12.9 Å². The third-order valence-electron chi connectivity index (χ3n) is 1.61. The molecule has 0 bridgehead atoms. The fraction of sp³-hybridized carbons (Fsp3) is 0.222. The van der Waals surface area contributed by atoms with Crippen molar-refractivity contribution in [2.45, 2.75) is 6.92 Å². The zero-order valence-corrected chi connectivity index (χ0v) is 9.38. The van der Waals surface area contributed by atoms with Crippen LogP contribution >= 0.6 is 22.6 Å². The fourth-order valence-corrected chi connectivity index (χ4v) is 1.73. The van der Waals surface area contributed by atoms with E-state index in [0.717, 1.165) is 3.57 Å². The molecule has 0 saturated carbocycles. The molecule has 1 aromatic carbocycles. The van der Waals surface area contributed by atoms with Gasteiger partial charge in [0.1, 0.15) is 11.6 Å². The topological polar surface area (TPSA) is 26.3 Å². The molecule has 0 N–H and O–H groups in total. The lowest BCUT2D eigenvalue weighted by molar-refractivity contribution is 0.101. The summed E-state index contributed by atoms with van der Waals surface area (Å²) >= 11 is 1.99. The number of rotatable bonds is 2. The van der Waals surface area contributed by atoms with Crippen LogP contribution in [0.25, 0.3) is 0 Å². The largest absolute Gasteiger partial charge is 0.495 e. The highest BCUT2D eigenvalue weighted by Gasteiger charge is 2.16. The molecule has 0 heterocycles. The van der Waals surface area contributed by atoms with Crippen molar-refractivity contribution in [1.29, 1.82) is 0 Å². The van der Waals surface area contributed by atoms with Gasteiger partial charge in [-0.1, -0.05) is 0 Å². The van der Waals surface area contributed by atoms with Crippen molar-refractivity contribution >= 4 is 28.4 Å². The Labute approximate surface area is 89.2 Å². The third kappa shape index (κ3) is 1.99. The van der Waals surface area contributed by atoms with Crippen LogP contribution in [0.15, 0.2) is 12.1 Å². The molecule has 0 amide bonds. The summed E-state index contributed by atoms with van der Waals surface area (Å²) in [5.41, 5.74) is 0.0226. The van der Waals surface area contributed by atoms with Gasteiger partial charge in [-0.05, 0) is 41.6 Å². The first-order chi connectivity index (χ1) is 6.07. The molecule has 1 rings (SSSR count). The maximum absolute atomic E-state index is 13.2. The van der Waals surface area contributed by atoms with E-state index < -0.39 is 5.82 Å². The van der Waals surface area contributed by atoms with Crippen LogP contribution in [0.3, 0.4) is 0 Å². The molecular weight excluding hydrogens is 286 g/mol. The minimum atomic E-state index is -0.537. The number of ketones is 1. The van der Waals surface area contributed by atoms with E-state index in [2.05, 4.69) is 0 Å². The van der Waals surface area contributed by atoms with Gasteiger partial charge in [0.05, 0.1) is 16.2 Å². The highest BCUT2D eigenvalue weighted by Crippen LogP contribution is 2.27. The van der Waals surface area contributed by atoms with Gasteiger partial charge >= 0.3 is 0 Å². The van der Waals surface area contributed by atoms with Crippen LogP contribution in [0.2, 0.25) is 0 Å². The summed E-state index contributed by atoms with van der Waals surface area (Å²) in [6.45, 7) is 1.32. The van der Waals surface area contributed by atoms with Crippen molar-refractivity contribution < 1.29 is 13.9 Å². The lowest BCUT2D eigenvalue weighted by Gasteiger charge is -2.08. The summed E-state index contributed by atoms with van der Waals surface area (Å²) in [5.74, 6) is -0.550. The lowest BCUT2D eigenvalue weighted by Crippen LogP contribution is -2.02. The Morgan fingerprint density at radius 3 is 2.54 bits per heavy atom. The van der Waals surface area contributed by atoms with Crippen LogP contribution in [-0.2, 0) is 0 Å². The SMILES string of the molecule is COc1c(I)ccc(F)c1C(C)=O. The highest BCUT2D eigenvalue weighted by molar-refractivity contribution is 14.1. The summed E-state index contributed by atoms with van der Waals surface area (Å²) < 4.78 is 18.8. The fourth-order valence-electron chi connectivity index (χ4n) is 1.06. The quantitative estimate of drug-likeness (QED) is 0.619. The molecule has 0 spiro atoms. The summed E-state index contributed by atoms with van der Waals surface area (Å²) in [6.07, 6.45) is 0. The number of carbonyl (C=O) groups is 1. The van der Waals surface area contributed by atoms with Gasteiger partial charge in [0.15, 0.2) is 5.78 Å². The van der Waals surface area contributed by atoms with E-state index in [1.165, 1.54) is 20.1 Å². The van der Waals surface area contributed by atoms with Gasteiger partial charge < -0.3 is 4.74 Å². The van der Waals surface area contributed by atoms with E-state index in [0.29, 0.717) is 5.75 Å². The van der Waals surface area contributed by atoms with Gasteiger partial charge in [-0.3, -0.25) is 4.79 Å². The lowest BCUT2D eigenvalue weighted by atomic mass is 10.1. The molecular formula is C9H8FIO2. The summed E-state index contributed by atoms with van der Waals surface area (Å²) in [7, 11) is 1.42. The van der Waals surface area contributed by atoms with Crippen molar-refractivity contribution in [3.63, 3.8) is 0 Å². The summed E-state index contributed by atoms with van der Waals surface area (Å²) in [6, 6.07) is 2.84. The molecule has 2 nitrogen and oxygen atoms in total. The summed E-state index contributed by atoms with van der Waals surface area (Å²) in [5, 5.41) is 0. The number of ether oxygens (including phenoxy) is 1. The van der Waals surface area contributed by atoms with Crippen molar-refractivity contribution in [3.8, 4) is 5.75 Å². The van der Waals surface area contributed by atoms with E-state index in [4.69, 9.17) is 4.74 Å². The Hall–Kier alpha value is -0.650. The molecule has 0 aliphatic heterocycles. The summed E-state index contributed by atoms with van der Waals surface area (Å²) in [4.78, 5) is 11.1. The average Bonchev–Trinajstić information content (AvgIpc) is 2.07. The van der Waals surface area contributed by atoms with Gasteiger partial charge in [0.2, 0.25) is 0 Å². The molecule has 0 aliphatic carbocycles. The highest BCUT2D eigenvalue weighted by atomic mass is 127. The molecule has 0 unspecified atom stereocenters. The first-order valence-corrected chi connectivity index (χ1v) is 4.68. The Balaban J connectivity index is 3.43. The van der Waals surface area contributed by atoms with Crippen molar-refractivity contribution in [3.05, 3.63) is 27.1 Å². The van der Waals surface area contributed by atoms with Gasteiger partial charge in [-0.15, -0.1) is 0 Å². The smallest absolute Gasteiger partial charge is 0.166 e. The second kappa shape index (κ2) is 4.04. The number of Topliss-reactive ketones (excluding diaryl/α,β-unsaturated/α-hetero) is 1. The van der Waals surface area contributed by atoms with Gasteiger partial charge in [-0.25, -0.2) is 4.39 Å². The number of hydrogen-bond acceptors (Lipinski definition) is 2. The zero-order chi connectivity index (χ0) is 10.0. The third-order valence-corrected chi connectivity index (χ3v) is 2.46. The predicted octanol–water partition coefficient (Wildman–Crippen LogP) is 2.64. The first kappa shape index (κ1) is 10.4. The number of halogens is 2. The number of benzene rings is 1. The molecule has 0 aliphatic rings. The number of methoxy groups -OCH3 is 1. The molecule has 0 fully saturated rings. The van der Waals surface area contributed by atoms with E-state index in [1.54, 1.807) is 6.07 Å². The van der Waals surface area contributed by atoms with E-state index >= 15 is 0 Å². The minimum absolute atomic E-state index is 0.0226. The second-order valence-electron chi connectivity index (χ2n) is 2.49.